The van der Waals surface area contributed by atoms with Crippen molar-refractivity contribution in [2.24, 2.45) is 28.6 Å². The Morgan fingerprint density at radius 1 is 1.44 bits per heavy atom. The van der Waals surface area contributed by atoms with Crippen LogP contribution in [-0.4, -0.2) is 11.7 Å². The summed E-state index contributed by atoms with van der Waals surface area (Å²) in [6.07, 6.45) is 3.82. The molecule has 2 saturated carbocycles. The Labute approximate surface area is 99.9 Å². The molecule has 0 saturated heterocycles. The fourth-order valence-electron chi connectivity index (χ4n) is 4.22. The first-order valence-electron chi connectivity index (χ1n) is 6.60. The largest absolute Gasteiger partial charge is 0.392 e. The fourth-order valence-corrected chi connectivity index (χ4v) is 4.22. The lowest BCUT2D eigenvalue weighted by molar-refractivity contribution is 0.103. The van der Waals surface area contributed by atoms with Crippen molar-refractivity contribution in [2.45, 2.75) is 47.0 Å². The Morgan fingerprint density at radius 2 is 2.06 bits per heavy atom. The molecule has 16 heavy (non-hydrogen) atoms. The number of aliphatic hydroxyl groups excluding tert-OH is 1. The molecule has 4 unspecified atom stereocenters. The smallest absolute Gasteiger partial charge is 0.0639 e. The molecule has 1 nitrogen and oxygen atoms in total. The van der Waals surface area contributed by atoms with E-state index in [1.54, 1.807) is 0 Å². The summed E-state index contributed by atoms with van der Waals surface area (Å²) in [7, 11) is 0. The summed E-state index contributed by atoms with van der Waals surface area (Å²) < 4.78 is 0. The summed E-state index contributed by atoms with van der Waals surface area (Å²) in [6, 6.07) is 0. The highest BCUT2D eigenvalue weighted by atomic mass is 16.3. The van der Waals surface area contributed by atoms with Gasteiger partial charge in [-0.3, -0.25) is 0 Å². The lowest BCUT2D eigenvalue weighted by atomic mass is 9.66. The van der Waals surface area contributed by atoms with Crippen LogP contribution in [0.25, 0.3) is 0 Å². The normalized spacial score (nSPS) is 41.6. The number of rotatable bonds is 4. The third-order valence-corrected chi connectivity index (χ3v) is 5.87. The van der Waals surface area contributed by atoms with Crippen LogP contribution < -0.4 is 0 Å². The van der Waals surface area contributed by atoms with Crippen LogP contribution in [0, 0.1) is 28.6 Å². The Kier molecular flexibility index (Phi) is 2.73. The van der Waals surface area contributed by atoms with Gasteiger partial charge in [0.1, 0.15) is 0 Å². The van der Waals surface area contributed by atoms with Crippen molar-refractivity contribution in [2.75, 3.05) is 6.61 Å². The first-order chi connectivity index (χ1) is 7.33. The van der Waals surface area contributed by atoms with Crippen LogP contribution in [0.3, 0.4) is 0 Å². The molecule has 0 aromatic carbocycles. The lowest BCUT2D eigenvalue weighted by Gasteiger charge is -2.39. The summed E-state index contributed by atoms with van der Waals surface area (Å²) in [4.78, 5) is 0. The third-order valence-electron chi connectivity index (χ3n) is 5.87. The van der Waals surface area contributed by atoms with Crippen molar-refractivity contribution in [3.05, 3.63) is 12.2 Å². The van der Waals surface area contributed by atoms with Gasteiger partial charge in [0.2, 0.25) is 0 Å². The minimum atomic E-state index is 0.151. The third kappa shape index (κ3) is 1.55. The molecule has 0 amide bonds. The second-order valence-electron chi connectivity index (χ2n) is 6.97. The molecule has 1 heteroatoms. The maximum Gasteiger partial charge on any atom is 0.0639 e. The van der Waals surface area contributed by atoms with Crippen LogP contribution >= 0.6 is 0 Å². The minimum absolute atomic E-state index is 0.151. The van der Waals surface area contributed by atoms with Crippen LogP contribution in [0.5, 0.6) is 0 Å². The van der Waals surface area contributed by atoms with Crippen molar-refractivity contribution >= 4 is 0 Å². The second kappa shape index (κ2) is 3.60. The molecule has 0 radical (unpaired) electrons. The van der Waals surface area contributed by atoms with Crippen LogP contribution in [-0.2, 0) is 0 Å². The molecule has 0 spiro atoms. The average Bonchev–Trinajstić information content (AvgIpc) is 2.82. The topological polar surface area (TPSA) is 20.2 Å². The highest BCUT2D eigenvalue weighted by molar-refractivity contribution is 5.17. The van der Waals surface area contributed by atoms with E-state index in [9.17, 15) is 0 Å². The van der Waals surface area contributed by atoms with Gasteiger partial charge in [0, 0.05) is 0 Å². The van der Waals surface area contributed by atoms with Crippen molar-refractivity contribution < 1.29 is 5.11 Å². The SMILES string of the molecule is C=C(CO)CC(C)C1CC2CC2(C)C1(C)C. The van der Waals surface area contributed by atoms with E-state index in [1.807, 2.05) is 0 Å². The fraction of sp³-hybridized carbons (Fsp3) is 0.867. The van der Waals surface area contributed by atoms with Gasteiger partial charge in [-0.2, -0.15) is 0 Å². The van der Waals surface area contributed by atoms with Gasteiger partial charge in [-0.15, -0.1) is 0 Å². The Hall–Kier alpha value is -0.300. The van der Waals surface area contributed by atoms with E-state index in [1.165, 1.54) is 12.8 Å². The molecular weight excluding hydrogens is 196 g/mol. The zero-order valence-electron chi connectivity index (χ0n) is 11.2. The van der Waals surface area contributed by atoms with Gasteiger partial charge in [-0.25, -0.2) is 0 Å². The molecule has 0 aromatic rings. The molecule has 92 valence electrons. The van der Waals surface area contributed by atoms with Gasteiger partial charge in [-0.05, 0) is 47.8 Å². The van der Waals surface area contributed by atoms with Gasteiger partial charge >= 0.3 is 0 Å². The molecule has 1 N–H and O–H groups in total. The number of fused-ring (bicyclic) bond motifs is 1. The van der Waals surface area contributed by atoms with Gasteiger partial charge in [0.05, 0.1) is 6.61 Å². The molecule has 4 atom stereocenters. The van der Waals surface area contributed by atoms with Gasteiger partial charge in [0.15, 0.2) is 0 Å². The van der Waals surface area contributed by atoms with E-state index >= 15 is 0 Å². The van der Waals surface area contributed by atoms with Gasteiger partial charge < -0.3 is 5.11 Å². The predicted molar refractivity (Wildman–Crippen MR) is 68.1 cm³/mol. The quantitative estimate of drug-likeness (QED) is 0.720. The predicted octanol–water partition coefficient (Wildman–Crippen LogP) is 3.63. The molecule has 0 aromatic heterocycles. The second-order valence-corrected chi connectivity index (χ2v) is 6.97. The highest BCUT2D eigenvalue weighted by Crippen LogP contribution is 2.75. The van der Waals surface area contributed by atoms with Crippen LogP contribution in [0.2, 0.25) is 0 Å². The van der Waals surface area contributed by atoms with Crippen LogP contribution in [0.4, 0.5) is 0 Å². The first-order valence-corrected chi connectivity index (χ1v) is 6.60. The minimum Gasteiger partial charge on any atom is -0.392 e. The number of hydrogen-bond donors (Lipinski definition) is 1. The van der Waals surface area contributed by atoms with Crippen molar-refractivity contribution in [1.82, 2.24) is 0 Å². The summed E-state index contributed by atoms with van der Waals surface area (Å²) in [5.41, 5.74) is 2.06. The van der Waals surface area contributed by atoms with Crippen LogP contribution in [0.15, 0.2) is 12.2 Å². The highest BCUT2D eigenvalue weighted by Gasteiger charge is 2.67. The van der Waals surface area contributed by atoms with E-state index in [0.717, 1.165) is 23.8 Å². The summed E-state index contributed by atoms with van der Waals surface area (Å²) in [5.74, 6) is 2.44. The molecular formula is C15H26O. The monoisotopic (exact) mass is 222 g/mol. The Morgan fingerprint density at radius 3 is 2.50 bits per heavy atom. The van der Waals surface area contributed by atoms with Crippen molar-refractivity contribution in [3.63, 3.8) is 0 Å². The van der Waals surface area contributed by atoms with Crippen molar-refractivity contribution in [3.8, 4) is 0 Å². The standard InChI is InChI=1S/C15H26O/c1-10(9-16)6-11(2)13-7-12-8-15(12,5)14(13,3)4/h11-13,16H,1,6-9H2,2-5H3. The number of aliphatic hydroxyl groups is 1. The summed E-state index contributed by atoms with van der Waals surface area (Å²) >= 11 is 0. The first kappa shape index (κ1) is 12.2. The lowest BCUT2D eigenvalue weighted by Crippen LogP contribution is -2.32. The number of hydrogen-bond acceptors (Lipinski definition) is 1. The van der Waals surface area contributed by atoms with Gasteiger partial charge in [-0.1, -0.05) is 39.8 Å². The Balaban J connectivity index is 2.04. The van der Waals surface area contributed by atoms with E-state index in [4.69, 9.17) is 5.11 Å². The maximum absolute atomic E-state index is 9.07. The van der Waals surface area contributed by atoms with Crippen LogP contribution in [0.1, 0.15) is 47.0 Å². The van der Waals surface area contributed by atoms with E-state index in [0.29, 0.717) is 16.7 Å². The maximum atomic E-state index is 9.07. The summed E-state index contributed by atoms with van der Waals surface area (Å²) in [5, 5.41) is 9.07. The van der Waals surface area contributed by atoms with E-state index in [-0.39, 0.29) is 6.61 Å². The van der Waals surface area contributed by atoms with E-state index < -0.39 is 0 Å². The zero-order chi connectivity index (χ0) is 12.1. The molecule has 2 aliphatic rings. The van der Waals surface area contributed by atoms with E-state index in [2.05, 4.69) is 34.3 Å². The Bertz CT molecular complexity index is 305. The van der Waals surface area contributed by atoms with Crippen molar-refractivity contribution in [1.29, 1.82) is 0 Å². The molecule has 0 aliphatic heterocycles. The molecule has 2 rings (SSSR count). The summed E-state index contributed by atoms with van der Waals surface area (Å²) in [6.45, 7) is 13.8. The molecule has 2 aliphatic carbocycles. The zero-order valence-corrected chi connectivity index (χ0v) is 11.2. The molecule has 0 heterocycles. The van der Waals surface area contributed by atoms with Gasteiger partial charge in [0.25, 0.3) is 0 Å². The molecule has 2 fully saturated rings. The average molecular weight is 222 g/mol. The molecule has 0 bridgehead atoms.